The normalized spacial score (nSPS) is 13.9. The summed E-state index contributed by atoms with van der Waals surface area (Å²) in [6.07, 6.45) is 2.32. The molecule has 2 aromatic rings. The van der Waals surface area contributed by atoms with E-state index in [-0.39, 0.29) is 11.1 Å². The number of aryl methyl sites for hydroxylation is 1. The van der Waals surface area contributed by atoms with Gasteiger partial charge in [0.05, 0.1) is 12.1 Å². The summed E-state index contributed by atoms with van der Waals surface area (Å²) in [6.45, 7) is 3.05. The van der Waals surface area contributed by atoms with Gasteiger partial charge >= 0.3 is 11.1 Å². The zero-order valence-electron chi connectivity index (χ0n) is 11.4. The maximum Gasteiger partial charge on any atom is 0.383 e. The minimum absolute atomic E-state index is 0.0540. The fraction of sp³-hybridized carbons (Fsp3) is 0.286. The van der Waals surface area contributed by atoms with Crippen LogP contribution in [-0.2, 0) is 6.42 Å². The van der Waals surface area contributed by atoms with E-state index in [9.17, 15) is 15.2 Å². The Balaban J connectivity index is 2.01. The highest BCUT2D eigenvalue weighted by Crippen LogP contribution is 2.23. The van der Waals surface area contributed by atoms with Crippen LogP contribution in [0, 0.1) is 16.7 Å². The van der Waals surface area contributed by atoms with Crippen molar-refractivity contribution >= 4 is 17.4 Å². The molecule has 0 saturated heterocycles. The Morgan fingerprint density at radius 3 is 2.71 bits per heavy atom. The molecule has 0 aliphatic rings. The predicted molar refractivity (Wildman–Crippen MR) is 79.0 cm³/mol. The van der Waals surface area contributed by atoms with Gasteiger partial charge < -0.3 is 15.2 Å². The molecular weight excluding hydrogens is 294 g/mol. The summed E-state index contributed by atoms with van der Waals surface area (Å²) in [5, 5.41) is 21.0. The molecule has 1 heterocycles. The van der Waals surface area contributed by atoms with E-state index < -0.39 is 10.5 Å². The Morgan fingerprint density at radius 1 is 1.48 bits per heavy atom. The van der Waals surface area contributed by atoms with Gasteiger partial charge in [0.2, 0.25) is 0 Å². The van der Waals surface area contributed by atoms with Gasteiger partial charge in [-0.1, -0.05) is 30.3 Å². The summed E-state index contributed by atoms with van der Waals surface area (Å²) in [6, 6.07) is 9.75. The molecule has 0 aliphatic carbocycles. The van der Waals surface area contributed by atoms with Gasteiger partial charge in [-0.15, -0.1) is 0 Å². The zero-order chi connectivity index (χ0) is 15.5. The van der Waals surface area contributed by atoms with E-state index in [1.807, 2.05) is 30.3 Å². The highest BCUT2D eigenvalue weighted by Gasteiger charge is 2.26. The molecule has 0 fully saturated rings. The molecule has 6 nitrogen and oxygen atoms in total. The number of imidazole rings is 1. The first kappa shape index (κ1) is 15.5. The quantitative estimate of drug-likeness (QED) is 0.657. The maximum atomic E-state index is 10.6. The van der Waals surface area contributed by atoms with Crippen molar-refractivity contribution in [1.82, 2.24) is 9.55 Å². The molecular formula is C14H15ClN3O3. The third-order valence-corrected chi connectivity index (χ3v) is 3.32. The van der Waals surface area contributed by atoms with Crippen LogP contribution in [0.2, 0.25) is 5.28 Å². The van der Waals surface area contributed by atoms with E-state index in [0.717, 1.165) is 5.56 Å². The lowest BCUT2D eigenvalue weighted by Crippen LogP contribution is -2.28. The van der Waals surface area contributed by atoms with Gasteiger partial charge in [-0.05, 0) is 46.8 Å². The molecule has 7 heteroatoms. The molecule has 111 valence electrons. The van der Waals surface area contributed by atoms with E-state index in [0.29, 0.717) is 12.8 Å². The monoisotopic (exact) mass is 308 g/mol. The van der Waals surface area contributed by atoms with Crippen molar-refractivity contribution in [3.63, 3.8) is 0 Å². The lowest BCUT2D eigenvalue weighted by Gasteiger charge is -2.22. The van der Waals surface area contributed by atoms with Crippen LogP contribution in [0.5, 0.6) is 0 Å². The second-order valence-corrected chi connectivity index (χ2v) is 5.34. The molecule has 1 radical (unpaired) electrons. The maximum absolute atomic E-state index is 10.6. The lowest BCUT2D eigenvalue weighted by molar-refractivity contribution is -0.389. The number of aliphatic hydroxyl groups is 1. The number of rotatable bonds is 6. The Labute approximate surface area is 127 Å². The van der Waals surface area contributed by atoms with Crippen molar-refractivity contribution < 1.29 is 10.0 Å². The van der Waals surface area contributed by atoms with Crippen LogP contribution in [0.4, 0.5) is 5.82 Å². The van der Waals surface area contributed by atoms with Gasteiger partial charge in [0, 0.05) is 0 Å². The number of aromatic nitrogens is 2. The molecule has 2 rings (SSSR count). The fourth-order valence-electron chi connectivity index (χ4n) is 1.94. The van der Waals surface area contributed by atoms with Crippen LogP contribution in [0.15, 0.2) is 36.5 Å². The van der Waals surface area contributed by atoms with Crippen LogP contribution in [0.25, 0.3) is 0 Å². The molecule has 1 N–H and O–H groups in total. The molecule has 0 saturated carbocycles. The molecule has 21 heavy (non-hydrogen) atoms. The van der Waals surface area contributed by atoms with E-state index >= 15 is 0 Å². The minimum Gasteiger partial charge on any atom is -0.388 e. The van der Waals surface area contributed by atoms with E-state index in [2.05, 4.69) is 4.98 Å². The highest BCUT2D eigenvalue weighted by atomic mass is 35.5. The first-order chi connectivity index (χ1) is 9.87. The van der Waals surface area contributed by atoms with Crippen LogP contribution < -0.4 is 0 Å². The Hall–Kier alpha value is -1.92. The Bertz CT molecular complexity index is 626. The van der Waals surface area contributed by atoms with Gasteiger partial charge in [-0.2, -0.15) is 0 Å². The SMILES string of the molecule is CC(O)([CH]n1cc([N+](=O)[O-])nc1Cl)CCc1ccccc1. The first-order valence-corrected chi connectivity index (χ1v) is 6.76. The molecule has 1 atom stereocenters. The van der Waals surface area contributed by atoms with Crippen molar-refractivity contribution in [2.45, 2.75) is 25.4 Å². The number of benzene rings is 1. The van der Waals surface area contributed by atoms with E-state index in [4.69, 9.17) is 11.6 Å². The van der Waals surface area contributed by atoms with Crippen molar-refractivity contribution in [3.05, 3.63) is 64.0 Å². The van der Waals surface area contributed by atoms with Gasteiger partial charge in [-0.25, -0.2) is 0 Å². The molecule has 1 aromatic heterocycles. The van der Waals surface area contributed by atoms with Crippen LogP contribution in [-0.4, -0.2) is 25.2 Å². The van der Waals surface area contributed by atoms with Gasteiger partial charge in [0.15, 0.2) is 0 Å². The summed E-state index contributed by atoms with van der Waals surface area (Å²) >= 11 is 5.82. The average molecular weight is 309 g/mol. The fourth-order valence-corrected chi connectivity index (χ4v) is 2.13. The molecule has 0 amide bonds. The van der Waals surface area contributed by atoms with Gasteiger partial charge in [0.25, 0.3) is 0 Å². The first-order valence-electron chi connectivity index (χ1n) is 6.38. The number of halogens is 1. The zero-order valence-corrected chi connectivity index (χ0v) is 12.2. The summed E-state index contributed by atoms with van der Waals surface area (Å²) in [4.78, 5) is 13.6. The number of nitro groups is 1. The largest absolute Gasteiger partial charge is 0.388 e. The number of hydrogen-bond donors (Lipinski definition) is 1. The molecule has 0 spiro atoms. The van der Waals surface area contributed by atoms with Crippen molar-refractivity contribution in [1.29, 1.82) is 0 Å². The third-order valence-electron chi connectivity index (χ3n) is 3.04. The topological polar surface area (TPSA) is 81.2 Å². The highest BCUT2D eigenvalue weighted by molar-refractivity contribution is 6.28. The van der Waals surface area contributed by atoms with Crippen LogP contribution in [0.3, 0.4) is 0 Å². The standard InChI is InChI=1S/C14H15ClN3O3/c1-14(19,8-7-11-5-3-2-4-6-11)10-17-9-12(18(20)21)16-13(17)15/h2-6,9-10,19H,7-8H2,1H3. The summed E-state index contributed by atoms with van der Waals surface area (Å²) in [5.74, 6) is -0.352. The number of hydrogen-bond acceptors (Lipinski definition) is 4. The van der Waals surface area contributed by atoms with Crippen LogP contribution in [0.1, 0.15) is 18.9 Å². The van der Waals surface area contributed by atoms with Crippen molar-refractivity contribution in [2.75, 3.05) is 0 Å². The van der Waals surface area contributed by atoms with Gasteiger partial charge in [0.1, 0.15) is 6.20 Å². The average Bonchev–Trinajstić information content (AvgIpc) is 2.79. The Morgan fingerprint density at radius 2 is 2.14 bits per heavy atom. The molecule has 0 aliphatic heterocycles. The van der Waals surface area contributed by atoms with Gasteiger partial charge in [-0.3, -0.25) is 4.57 Å². The van der Waals surface area contributed by atoms with Crippen LogP contribution >= 0.6 is 11.6 Å². The second kappa shape index (κ2) is 6.24. The summed E-state index contributed by atoms with van der Waals surface area (Å²) in [7, 11) is 0. The number of nitrogens with zero attached hydrogens (tertiary/aromatic N) is 3. The smallest absolute Gasteiger partial charge is 0.383 e. The predicted octanol–water partition coefficient (Wildman–Crippen LogP) is 2.84. The minimum atomic E-state index is -1.16. The molecule has 1 unspecified atom stereocenters. The second-order valence-electron chi connectivity index (χ2n) is 5.00. The van der Waals surface area contributed by atoms with E-state index in [1.54, 1.807) is 6.92 Å². The van der Waals surface area contributed by atoms with E-state index in [1.165, 1.54) is 17.3 Å². The Kier molecular flexibility index (Phi) is 4.59. The van der Waals surface area contributed by atoms with Crippen molar-refractivity contribution in [3.8, 4) is 0 Å². The molecule has 1 aromatic carbocycles. The molecule has 0 bridgehead atoms. The third kappa shape index (κ3) is 4.27. The summed E-state index contributed by atoms with van der Waals surface area (Å²) < 4.78 is 1.27. The van der Waals surface area contributed by atoms with Crippen molar-refractivity contribution in [2.24, 2.45) is 0 Å². The lowest BCUT2D eigenvalue weighted by atomic mass is 9.97. The summed E-state index contributed by atoms with van der Waals surface area (Å²) in [5.41, 5.74) is -0.0532.